The lowest BCUT2D eigenvalue weighted by Crippen LogP contribution is -2.39. The van der Waals surface area contributed by atoms with Crippen molar-refractivity contribution in [2.45, 2.75) is 31.9 Å². The zero-order valence-corrected chi connectivity index (χ0v) is 9.16. The Labute approximate surface area is 90.2 Å². The SMILES string of the molecule is CCOCC(O)CNCC1CCC(=O)N1. The summed E-state index contributed by atoms with van der Waals surface area (Å²) >= 11 is 0. The highest BCUT2D eigenvalue weighted by Gasteiger charge is 2.20. The molecule has 0 radical (unpaired) electrons. The van der Waals surface area contributed by atoms with Gasteiger partial charge in [-0.25, -0.2) is 0 Å². The fourth-order valence-corrected chi connectivity index (χ4v) is 1.57. The van der Waals surface area contributed by atoms with E-state index >= 15 is 0 Å². The number of amides is 1. The monoisotopic (exact) mass is 216 g/mol. The predicted molar refractivity (Wildman–Crippen MR) is 56.5 cm³/mol. The largest absolute Gasteiger partial charge is 0.389 e. The summed E-state index contributed by atoms with van der Waals surface area (Å²) in [4.78, 5) is 10.9. The number of ether oxygens (including phenoxy) is 1. The number of hydrogen-bond donors (Lipinski definition) is 3. The van der Waals surface area contributed by atoms with E-state index in [1.54, 1.807) is 0 Å². The Morgan fingerprint density at radius 2 is 2.53 bits per heavy atom. The van der Waals surface area contributed by atoms with Gasteiger partial charge in [0.1, 0.15) is 0 Å². The average molecular weight is 216 g/mol. The topological polar surface area (TPSA) is 70.6 Å². The summed E-state index contributed by atoms with van der Waals surface area (Å²) in [5.41, 5.74) is 0. The molecule has 5 nitrogen and oxygen atoms in total. The number of carbonyl (C=O) groups is 1. The third-order valence-corrected chi connectivity index (χ3v) is 2.37. The number of aliphatic hydroxyl groups is 1. The van der Waals surface area contributed by atoms with Crippen LogP contribution in [-0.2, 0) is 9.53 Å². The minimum absolute atomic E-state index is 0.122. The zero-order valence-electron chi connectivity index (χ0n) is 9.16. The van der Waals surface area contributed by atoms with Gasteiger partial charge in [0, 0.05) is 32.2 Å². The van der Waals surface area contributed by atoms with Gasteiger partial charge < -0.3 is 20.5 Å². The summed E-state index contributed by atoms with van der Waals surface area (Å²) in [7, 11) is 0. The number of rotatable bonds is 7. The molecular weight excluding hydrogens is 196 g/mol. The molecule has 1 aliphatic rings. The van der Waals surface area contributed by atoms with E-state index in [-0.39, 0.29) is 11.9 Å². The number of hydrogen-bond acceptors (Lipinski definition) is 4. The van der Waals surface area contributed by atoms with Gasteiger partial charge in [-0.05, 0) is 13.3 Å². The van der Waals surface area contributed by atoms with Crippen LogP contribution in [0.25, 0.3) is 0 Å². The average Bonchev–Trinajstić information content (AvgIpc) is 2.61. The maximum atomic E-state index is 10.9. The van der Waals surface area contributed by atoms with Crippen LogP contribution in [0.1, 0.15) is 19.8 Å². The molecule has 3 N–H and O–H groups in total. The van der Waals surface area contributed by atoms with E-state index in [1.165, 1.54) is 0 Å². The second kappa shape index (κ2) is 6.76. The molecule has 0 aliphatic carbocycles. The molecule has 0 saturated carbocycles. The van der Waals surface area contributed by atoms with Gasteiger partial charge in [-0.1, -0.05) is 0 Å². The van der Waals surface area contributed by atoms with Gasteiger partial charge >= 0.3 is 0 Å². The highest BCUT2D eigenvalue weighted by atomic mass is 16.5. The first-order valence-electron chi connectivity index (χ1n) is 5.48. The molecule has 88 valence electrons. The molecule has 5 heteroatoms. The molecule has 0 bridgehead atoms. The highest BCUT2D eigenvalue weighted by Crippen LogP contribution is 2.04. The van der Waals surface area contributed by atoms with Crippen LogP contribution in [0.3, 0.4) is 0 Å². The molecule has 1 heterocycles. The first-order chi connectivity index (χ1) is 7.22. The molecule has 1 rings (SSSR count). The first-order valence-corrected chi connectivity index (χ1v) is 5.48. The molecular formula is C10H20N2O3. The van der Waals surface area contributed by atoms with Gasteiger partial charge in [0.05, 0.1) is 12.7 Å². The Hall–Kier alpha value is -0.650. The van der Waals surface area contributed by atoms with E-state index < -0.39 is 6.10 Å². The number of aliphatic hydroxyl groups excluding tert-OH is 1. The molecule has 0 aromatic heterocycles. The van der Waals surface area contributed by atoms with Crippen molar-refractivity contribution < 1.29 is 14.6 Å². The van der Waals surface area contributed by atoms with Crippen LogP contribution in [0, 0.1) is 0 Å². The van der Waals surface area contributed by atoms with E-state index in [2.05, 4.69) is 10.6 Å². The van der Waals surface area contributed by atoms with Crippen molar-refractivity contribution in [3.05, 3.63) is 0 Å². The molecule has 0 spiro atoms. The van der Waals surface area contributed by atoms with Crippen molar-refractivity contribution in [3.8, 4) is 0 Å². The van der Waals surface area contributed by atoms with Gasteiger partial charge in [-0.2, -0.15) is 0 Å². The fraction of sp³-hybridized carbons (Fsp3) is 0.900. The molecule has 0 aromatic carbocycles. The lowest BCUT2D eigenvalue weighted by atomic mass is 10.2. The summed E-state index contributed by atoms with van der Waals surface area (Å²) in [6.07, 6.45) is 1.03. The van der Waals surface area contributed by atoms with Crippen LogP contribution in [0.5, 0.6) is 0 Å². The molecule has 15 heavy (non-hydrogen) atoms. The smallest absolute Gasteiger partial charge is 0.220 e. The summed E-state index contributed by atoms with van der Waals surface area (Å²) in [5, 5.41) is 15.4. The van der Waals surface area contributed by atoms with Crippen molar-refractivity contribution in [2.24, 2.45) is 0 Å². The number of nitrogens with one attached hydrogen (secondary N) is 2. The van der Waals surface area contributed by atoms with Crippen LogP contribution in [0.15, 0.2) is 0 Å². The maximum absolute atomic E-state index is 10.9. The fourth-order valence-electron chi connectivity index (χ4n) is 1.57. The van der Waals surface area contributed by atoms with Gasteiger partial charge in [-0.15, -0.1) is 0 Å². The van der Waals surface area contributed by atoms with Crippen LogP contribution >= 0.6 is 0 Å². The quantitative estimate of drug-likeness (QED) is 0.524. The van der Waals surface area contributed by atoms with E-state index in [9.17, 15) is 9.90 Å². The van der Waals surface area contributed by atoms with E-state index in [0.717, 1.165) is 13.0 Å². The van der Waals surface area contributed by atoms with E-state index in [0.29, 0.717) is 26.2 Å². The molecule has 1 aliphatic heterocycles. The second-order valence-corrected chi connectivity index (χ2v) is 3.77. The van der Waals surface area contributed by atoms with Crippen molar-refractivity contribution in [3.63, 3.8) is 0 Å². The Kier molecular flexibility index (Phi) is 5.60. The Balaban J connectivity index is 1.98. The van der Waals surface area contributed by atoms with Crippen LogP contribution in [0.4, 0.5) is 0 Å². The van der Waals surface area contributed by atoms with Crippen LogP contribution in [0.2, 0.25) is 0 Å². The summed E-state index contributed by atoms with van der Waals surface area (Å²) in [5.74, 6) is 0.122. The Bertz CT molecular complexity index is 199. The lowest BCUT2D eigenvalue weighted by molar-refractivity contribution is -0.119. The molecule has 2 atom stereocenters. The second-order valence-electron chi connectivity index (χ2n) is 3.77. The first kappa shape index (κ1) is 12.4. The highest BCUT2D eigenvalue weighted by molar-refractivity contribution is 5.78. The maximum Gasteiger partial charge on any atom is 0.220 e. The predicted octanol–water partition coefficient (Wildman–Crippen LogP) is -0.748. The normalized spacial score (nSPS) is 22.8. The third-order valence-electron chi connectivity index (χ3n) is 2.37. The number of carbonyl (C=O) groups excluding carboxylic acids is 1. The van der Waals surface area contributed by atoms with Crippen LogP contribution in [-0.4, -0.2) is 49.5 Å². The standard InChI is InChI=1S/C10H20N2O3/c1-2-15-7-9(13)6-11-5-8-3-4-10(14)12-8/h8-9,11,13H,2-7H2,1H3,(H,12,14). The van der Waals surface area contributed by atoms with Crippen molar-refractivity contribution in [1.29, 1.82) is 0 Å². The van der Waals surface area contributed by atoms with Gasteiger partial charge in [0.2, 0.25) is 5.91 Å². The van der Waals surface area contributed by atoms with E-state index in [4.69, 9.17) is 4.74 Å². The molecule has 1 saturated heterocycles. The summed E-state index contributed by atoms with van der Waals surface area (Å²) in [6, 6.07) is 0.219. The third kappa shape index (κ3) is 5.11. The Morgan fingerprint density at radius 1 is 1.73 bits per heavy atom. The minimum Gasteiger partial charge on any atom is -0.389 e. The van der Waals surface area contributed by atoms with Crippen LogP contribution < -0.4 is 10.6 Å². The zero-order chi connectivity index (χ0) is 11.1. The molecule has 0 aromatic rings. The molecule has 1 amide bonds. The summed E-state index contributed by atoms with van der Waals surface area (Å²) in [6.45, 7) is 4.10. The van der Waals surface area contributed by atoms with Crippen molar-refractivity contribution >= 4 is 5.91 Å². The lowest BCUT2D eigenvalue weighted by Gasteiger charge is -2.14. The van der Waals surface area contributed by atoms with E-state index in [1.807, 2.05) is 6.92 Å². The van der Waals surface area contributed by atoms with Crippen molar-refractivity contribution in [2.75, 3.05) is 26.3 Å². The van der Waals surface area contributed by atoms with Gasteiger partial charge in [-0.3, -0.25) is 4.79 Å². The Morgan fingerprint density at radius 3 is 3.13 bits per heavy atom. The molecule has 1 fully saturated rings. The van der Waals surface area contributed by atoms with Crippen molar-refractivity contribution in [1.82, 2.24) is 10.6 Å². The van der Waals surface area contributed by atoms with Gasteiger partial charge in [0.25, 0.3) is 0 Å². The van der Waals surface area contributed by atoms with Gasteiger partial charge in [0.15, 0.2) is 0 Å². The minimum atomic E-state index is -0.470. The molecule has 2 unspecified atom stereocenters. The summed E-state index contributed by atoms with van der Waals surface area (Å²) < 4.78 is 5.08.